The van der Waals surface area contributed by atoms with E-state index < -0.39 is 0 Å². The van der Waals surface area contributed by atoms with Crippen LogP contribution in [0.4, 0.5) is 0 Å². The van der Waals surface area contributed by atoms with E-state index in [-0.39, 0.29) is 0 Å². The van der Waals surface area contributed by atoms with Crippen LogP contribution in [0.3, 0.4) is 0 Å². The van der Waals surface area contributed by atoms with Gasteiger partial charge in [0.25, 0.3) is 0 Å². The molecule has 0 aromatic heterocycles. The van der Waals surface area contributed by atoms with Crippen molar-refractivity contribution in [3.05, 3.63) is 132 Å². The Bertz CT molecular complexity index is 1410. The first-order chi connectivity index (χ1) is 18.8. The van der Waals surface area contributed by atoms with Crippen LogP contribution >= 0.6 is 0 Å². The average molecular weight is 507 g/mol. The zero-order chi connectivity index (χ0) is 25.3. The standard InChI is InChI=1S/C37H34Si/c1-4-12-26(13-5-1)29-20-22-31-32-23-21-30(27-14-6-2-7-15-27)25-34(32)37(33(31)24-29)36-19-9-3-8-18-35(38-36)28-16-10-11-17-28/h1-2,4-7,10-16,20-25,35-37H,3,8-9,17-19H2. The third kappa shape index (κ3) is 4.44. The zero-order valence-corrected chi connectivity index (χ0v) is 22.9. The minimum Gasteiger partial charge on any atom is -0.0805 e. The summed E-state index contributed by atoms with van der Waals surface area (Å²) >= 11 is 0. The fraction of sp³-hybridized carbons (Fsp3) is 0.243. The molecule has 2 atom stereocenters. The molecule has 1 fully saturated rings. The summed E-state index contributed by atoms with van der Waals surface area (Å²) < 4.78 is 0. The highest BCUT2D eigenvalue weighted by Gasteiger charge is 2.37. The second-order valence-corrected chi connectivity index (χ2v) is 12.9. The molecule has 186 valence electrons. The van der Waals surface area contributed by atoms with Crippen molar-refractivity contribution in [1.29, 1.82) is 0 Å². The first-order valence-electron chi connectivity index (χ1n) is 14.4. The molecule has 0 N–H and O–H groups in total. The number of hydrogen-bond donors (Lipinski definition) is 0. The highest BCUT2D eigenvalue weighted by Crippen LogP contribution is 2.54. The molecule has 0 saturated carbocycles. The van der Waals surface area contributed by atoms with Crippen LogP contribution in [0, 0.1) is 0 Å². The van der Waals surface area contributed by atoms with Gasteiger partial charge in [0, 0.05) is 5.92 Å². The lowest BCUT2D eigenvalue weighted by molar-refractivity contribution is 0.541. The molecule has 1 saturated heterocycles. The van der Waals surface area contributed by atoms with Gasteiger partial charge in [-0.2, -0.15) is 0 Å². The molecular weight excluding hydrogens is 472 g/mol. The Hall–Kier alpha value is -3.42. The van der Waals surface area contributed by atoms with Crippen LogP contribution in [0.25, 0.3) is 33.4 Å². The van der Waals surface area contributed by atoms with E-state index in [4.69, 9.17) is 0 Å². The van der Waals surface area contributed by atoms with Crippen molar-refractivity contribution in [2.75, 3.05) is 0 Å². The molecule has 3 aliphatic rings. The zero-order valence-electron chi connectivity index (χ0n) is 21.9. The van der Waals surface area contributed by atoms with Gasteiger partial charge in [-0.05, 0) is 80.6 Å². The number of hydrogen-bond acceptors (Lipinski definition) is 0. The molecule has 4 aromatic rings. The molecule has 0 bridgehead atoms. The summed E-state index contributed by atoms with van der Waals surface area (Å²) in [6, 6.07) is 36.4. The molecule has 2 unspecified atom stereocenters. The van der Waals surface area contributed by atoms with Crippen molar-refractivity contribution in [2.24, 2.45) is 0 Å². The fourth-order valence-electron chi connectivity index (χ4n) is 6.94. The lowest BCUT2D eigenvalue weighted by atomic mass is 9.87. The molecule has 0 nitrogen and oxygen atoms in total. The van der Waals surface area contributed by atoms with Gasteiger partial charge in [-0.15, -0.1) is 0 Å². The maximum absolute atomic E-state index is 2.53. The van der Waals surface area contributed by atoms with E-state index in [1.165, 1.54) is 71.9 Å². The summed E-state index contributed by atoms with van der Waals surface area (Å²) in [6.45, 7) is 0. The Morgan fingerprint density at radius 1 is 0.579 bits per heavy atom. The van der Waals surface area contributed by atoms with Crippen LogP contribution in [0.15, 0.2) is 121 Å². The van der Waals surface area contributed by atoms with E-state index in [9.17, 15) is 0 Å². The van der Waals surface area contributed by atoms with Gasteiger partial charge in [0.05, 0.1) is 9.52 Å². The summed E-state index contributed by atoms with van der Waals surface area (Å²) in [5.41, 5.74) is 14.5. The number of benzene rings is 4. The van der Waals surface area contributed by atoms with Gasteiger partial charge in [-0.25, -0.2) is 0 Å². The van der Waals surface area contributed by atoms with Crippen LogP contribution in [-0.2, 0) is 0 Å². The Labute approximate surface area is 230 Å². The monoisotopic (exact) mass is 506 g/mol. The van der Waals surface area contributed by atoms with Gasteiger partial charge in [-0.1, -0.05) is 134 Å². The fourth-order valence-corrected chi connectivity index (χ4v) is 9.18. The molecule has 1 aliphatic heterocycles. The molecular formula is C37H34Si. The van der Waals surface area contributed by atoms with E-state index in [1.807, 2.05) is 0 Å². The Morgan fingerprint density at radius 2 is 1.18 bits per heavy atom. The predicted molar refractivity (Wildman–Crippen MR) is 163 cm³/mol. The number of allylic oxidation sites excluding steroid dienone is 4. The minimum absolute atomic E-state index is 0.473. The van der Waals surface area contributed by atoms with Crippen molar-refractivity contribution < 1.29 is 0 Å². The predicted octanol–water partition coefficient (Wildman–Crippen LogP) is 10.3. The molecule has 2 aliphatic carbocycles. The highest BCUT2D eigenvalue weighted by molar-refractivity contribution is 6.41. The van der Waals surface area contributed by atoms with Gasteiger partial charge in [0.1, 0.15) is 0 Å². The van der Waals surface area contributed by atoms with Gasteiger partial charge in [0.2, 0.25) is 0 Å². The first-order valence-corrected chi connectivity index (χ1v) is 15.5. The summed E-state index contributed by atoms with van der Waals surface area (Å²) in [5.74, 6) is 0.473. The topological polar surface area (TPSA) is 0 Å². The van der Waals surface area contributed by atoms with Gasteiger partial charge >= 0.3 is 0 Å². The van der Waals surface area contributed by atoms with Crippen LogP contribution in [0.2, 0.25) is 11.1 Å². The van der Waals surface area contributed by atoms with Crippen molar-refractivity contribution in [3.8, 4) is 33.4 Å². The number of rotatable bonds is 4. The minimum atomic E-state index is 0.473. The third-order valence-corrected chi connectivity index (χ3v) is 11.0. The molecule has 2 radical (unpaired) electrons. The van der Waals surface area contributed by atoms with E-state index in [1.54, 1.807) is 16.7 Å². The molecule has 1 heterocycles. The SMILES string of the molecule is C1=CCC(C2CCCCCC(C3c4cc(-c5ccccc5)ccc4-c4ccc(-c5ccccc5)cc43)[Si]2)=C1. The molecule has 4 aromatic carbocycles. The maximum Gasteiger partial charge on any atom is 0.0513 e. The second-order valence-electron chi connectivity index (χ2n) is 11.2. The lowest BCUT2D eigenvalue weighted by Gasteiger charge is -2.32. The largest absolute Gasteiger partial charge is 0.0805 e. The number of fused-ring (bicyclic) bond motifs is 3. The van der Waals surface area contributed by atoms with E-state index >= 15 is 0 Å². The molecule has 1 heteroatoms. The quantitative estimate of drug-likeness (QED) is 0.241. The van der Waals surface area contributed by atoms with Gasteiger partial charge in [-0.3, -0.25) is 0 Å². The van der Waals surface area contributed by atoms with Crippen molar-refractivity contribution in [3.63, 3.8) is 0 Å². The summed E-state index contributed by atoms with van der Waals surface area (Å²) in [6.07, 6.45) is 15.0. The normalized spacial score (nSPS) is 20.9. The van der Waals surface area contributed by atoms with E-state index in [2.05, 4.69) is 115 Å². The van der Waals surface area contributed by atoms with Gasteiger partial charge < -0.3 is 0 Å². The van der Waals surface area contributed by atoms with Crippen LogP contribution in [0.5, 0.6) is 0 Å². The lowest BCUT2D eigenvalue weighted by Crippen LogP contribution is -2.21. The third-order valence-electron chi connectivity index (χ3n) is 8.85. The molecule has 0 spiro atoms. The highest BCUT2D eigenvalue weighted by atomic mass is 28.2. The summed E-state index contributed by atoms with van der Waals surface area (Å²) in [4.78, 5) is 0. The van der Waals surface area contributed by atoms with Crippen LogP contribution in [-0.4, -0.2) is 9.52 Å². The summed E-state index contributed by atoms with van der Waals surface area (Å²) in [7, 11) is 0.983. The maximum atomic E-state index is 2.53. The smallest absolute Gasteiger partial charge is 0.0513 e. The average Bonchev–Trinajstić information content (AvgIpc) is 3.60. The van der Waals surface area contributed by atoms with E-state index in [0.29, 0.717) is 11.5 Å². The molecule has 38 heavy (non-hydrogen) atoms. The van der Waals surface area contributed by atoms with E-state index in [0.717, 1.165) is 15.1 Å². The van der Waals surface area contributed by atoms with Crippen molar-refractivity contribution in [2.45, 2.75) is 55.5 Å². The molecule has 7 rings (SSSR count). The van der Waals surface area contributed by atoms with Gasteiger partial charge in [0.15, 0.2) is 0 Å². The van der Waals surface area contributed by atoms with Crippen LogP contribution < -0.4 is 0 Å². The second kappa shape index (κ2) is 10.4. The Kier molecular flexibility index (Phi) is 6.47. The first kappa shape index (κ1) is 23.7. The van der Waals surface area contributed by atoms with Crippen molar-refractivity contribution >= 4 is 9.52 Å². The summed E-state index contributed by atoms with van der Waals surface area (Å²) in [5, 5.41) is 0. The molecule has 0 amide bonds. The van der Waals surface area contributed by atoms with Crippen molar-refractivity contribution in [1.82, 2.24) is 0 Å². The Balaban J connectivity index is 1.35. The van der Waals surface area contributed by atoms with Crippen LogP contribution in [0.1, 0.15) is 55.6 Å². The Morgan fingerprint density at radius 3 is 1.76 bits per heavy atom.